The third-order valence-corrected chi connectivity index (χ3v) is 5.82. The molecule has 0 aliphatic rings. The van der Waals surface area contributed by atoms with E-state index >= 15 is 0 Å². The lowest BCUT2D eigenvalue weighted by molar-refractivity contribution is 1.10. The van der Waals surface area contributed by atoms with E-state index in [0.29, 0.717) is 0 Å². The molecular weight excluding hydrogens is 410 g/mol. The molecule has 0 amide bonds. The average Bonchev–Trinajstić information content (AvgIpc) is 3.48. The molecular formula is C26H21N7. The van der Waals surface area contributed by atoms with Gasteiger partial charge < -0.3 is 9.88 Å². The number of anilines is 1. The molecule has 6 rings (SSSR count). The van der Waals surface area contributed by atoms with Crippen molar-refractivity contribution in [3.63, 3.8) is 0 Å². The molecule has 5 aromatic heterocycles. The van der Waals surface area contributed by atoms with Crippen LogP contribution in [0.2, 0.25) is 0 Å². The fraction of sp³-hybridized carbons (Fsp3) is 0.0769. The van der Waals surface area contributed by atoms with E-state index in [1.165, 1.54) is 0 Å². The van der Waals surface area contributed by atoms with Crippen LogP contribution in [0.1, 0.15) is 0 Å². The van der Waals surface area contributed by atoms with Gasteiger partial charge in [-0.25, -0.2) is 4.98 Å². The van der Waals surface area contributed by atoms with Gasteiger partial charge in [0.05, 0.1) is 17.1 Å². The summed E-state index contributed by atoms with van der Waals surface area (Å²) in [6, 6.07) is 20.5. The summed E-state index contributed by atoms with van der Waals surface area (Å²) in [6.07, 6.45) is 5.46. The third kappa shape index (κ3) is 3.30. The largest absolute Gasteiger partial charge is 0.378 e. The van der Waals surface area contributed by atoms with Crippen LogP contribution in [0.15, 0.2) is 79.3 Å². The molecule has 7 nitrogen and oxygen atoms in total. The molecule has 0 saturated heterocycles. The van der Waals surface area contributed by atoms with E-state index in [9.17, 15) is 0 Å². The Labute approximate surface area is 190 Å². The molecule has 5 heterocycles. The maximum atomic E-state index is 4.63. The fourth-order valence-corrected chi connectivity index (χ4v) is 4.12. The van der Waals surface area contributed by atoms with E-state index in [0.717, 1.165) is 61.5 Å². The van der Waals surface area contributed by atoms with Crippen LogP contribution in [0.3, 0.4) is 0 Å². The van der Waals surface area contributed by atoms with Gasteiger partial charge in [0.15, 0.2) is 5.65 Å². The van der Waals surface area contributed by atoms with Gasteiger partial charge in [-0.15, -0.1) is 0 Å². The molecule has 0 bridgehead atoms. The van der Waals surface area contributed by atoms with Crippen molar-refractivity contribution < 1.29 is 0 Å². The second-order valence-corrected chi connectivity index (χ2v) is 8.16. The van der Waals surface area contributed by atoms with E-state index in [1.807, 2.05) is 44.6 Å². The Morgan fingerprint density at radius 1 is 0.758 bits per heavy atom. The molecule has 0 saturated carbocycles. The van der Waals surface area contributed by atoms with Gasteiger partial charge in [-0.05, 0) is 48.0 Å². The van der Waals surface area contributed by atoms with Gasteiger partial charge in [0.2, 0.25) is 0 Å². The van der Waals surface area contributed by atoms with Crippen molar-refractivity contribution in [2.24, 2.45) is 0 Å². The fourth-order valence-electron chi connectivity index (χ4n) is 4.12. The zero-order chi connectivity index (χ0) is 22.4. The van der Waals surface area contributed by atoms with Crippen LogP contribution in [0.25, 0.3) is 55.8 Å². The molecule has 33 heavy (non-hydrogen) atoms. The summed E-state index contributed by atoms with van der Waals surface area (Å²) in [5.41, 5.74) is 8.44. The summed E-state index contributed by atoms with van der Waals surface area (Å²) in [7, 11) is 4.08. The van der Waals surface area contributed by atoms with Crippen LogP contribution in [-0.4, -0.2) is 44.2 Å². The first kappa shape index (κ1) is 19.2. The molecule has 0 unspecified atom stereocenters. The summed E-state index contributed by atoms with van der Waals surface area (Å²) in [4.78, 5) is 19.3. The molecule has 160 valence electrons. The van der Waals surface area contributed by atoms with Crippen LogP contribution < -0.4 is 4.90 Å². The quantitative estimate of drug-likeness (QED) is 0.396. The molecule has 0 atom stereocenters. The van der Waals surface area contributed by atoms with Gasteiger partial charge >= 0.3 is 0 Å². The Balaban J connectivity index is 1.48. The SMILES string of the molecule is CN(C)c1cccc(-c2cnc3[nH]nc(-c4cc5c(-c6ccccn6)nccc5[nH]4)c3c2)c1. The van der Waals surface area contributed by atoms with Gasteiger partial charge in [-0.2, -0.15) is 5.10 Å². The first-order valence-electron chi connectivity index (χ1n) is 10.7. The van der Waals surface area contributed by atoms with E-state index < -0.39 is 0 Å². The summed E-state index contributed by atoms with van der Waals surface area (Å²) >= 11 is 0. The number of rotatable bonds is 4. The van der Waals surface area contributed by atoms with E-state index in [4.69, 9.17) is 0 Å². The van der Waals surface area contributed by atoms with Gasteiger partial charge in [0.1, 0.15) is 5.69 Å². The Hall–Kier alpha value is -4.52. The molecule has 0 aliphatic heterocycles. The number of nitrogens with zero attached hydrogens (tertiary/aromatic N) is 5. The molecule has 0 aliphatic carbocycles. The zero-order valence-electron chi connectivity index (χ0n) is 18.2. The number of H-pyrrole nitrogens is 2. The highest BCUT2D eigenvalue weighted by atomic mass is 15.2. The van der Waals surface area contributed by atoms with E-state index in [2.05, 4.69) is 71.4 Å². The maximum absolute atomic E-state index is 4.63. The normalized spacial score (nSPS) is 11.3. The summed E-state index contributed by atoms with van der Waals surface area (Å²) in [6.45, 7) is 0. The number of hydrogen-bond acceptors (Lipinski definition) is 5. The number of pyridine rings is 3. The van der Waals surface area contributed by atoms with Gasteiger partial charge in [0.25, 0.3) is 0 Å². The summed E-state index contributed by atoms with van der Waals surface area (Å²) in [5, 5.41) is 9.61. The predicted molar refractivity (Wildman–Crippen MR) is 132 cm³/mol. The Morgan fingerprint density at radius 3 is 2.55 bits per heavy atom. The number of fused-ring (bicyclic) bond motifs is 2. The smallest absolute Gasteiger partial charge is 0.155 e. The molecule has 0 spiro atoms. The number of aromatic nitrogens is 6. The minimum atomic E-state index is 0.749. The van der Waals surface area contributed by atoms with Crippen molar-refractivity contribution in [1.29, 1.82) is 0 Å². The Morgan fingerprint density at radius 2 is 1.70 bits per heavy atom. The van der Waals surface area contributed by atoms with Crippen molar-refractivity contribution in [3.05, 3.63) is 79.3 Å². The van der Waals surface area contributed by atoms with Gasteiger partial charge in [0, 0.05) is 60.2 Å². The van der Waals surface area contributed by atoms with Crippen LogP contribution in [0.5, 0.6) is 0 Å². The number of nitrogens with one attached hydrogen (secondary N) is 2. The lowest BCUT2D eigenvalue weighted by atomic mass is 10.0. The third-order valence-electron chi connectivity index (χ3n) is 5.82. The highest BCUT2D eigenvalue weighted by Crippen LogP contribution is 2.33. The van der Waals surface area contributed by atoms with Crippen molar-refractivity contribution in [3.8, 4) is 33.9 Å². The van der Waals surface area contributed by atoms with Crippen molar-refractivity contribution in [2.45, 2.75) is 0 Å². The lowest BCUT2D eigenvalue weighted by Crippen LogP contribution is -2.08. The lowest BCUT2D eigenvalue weighted by Gasteiger charge is -2.13. The van der Waals surface area contributed by atoms with Crippen molar-refractivity contribution >= 4 is 27.6 Å². The maximum Gasteiger partial charge on any atom is 0.155 e. The second-order valence-electron chi connectivity index (χ2n) is 8.16. The summed E-state index contributed by atoms with van der Waals surface area (Å²) < 4.78 is 0. The first-order valence-corrected chi connectivity index (χ1v) is 10.7. The molecule has 2 N–H and O–H groups in total. The van der Waals surface area contributed by atoms with Crippen molar-refractivity contribution in [1.82, 2.24) is 30.1 Å². The highest BCUT2D eigenvalue weighted by molar-refractivity contribution is 5.99. The molecule has 7 heteroatoms. The first-order chi connectivity index (χ1) is 16.2. The minimum Gasteiger partial charge on any atom is -0.378 e. The van der Waals surface area contributed by atoms with Crippen LogP contribution in [-0.2, 0) is 0 Å². The van der Waals surface area contributed by atoms with Gasteiger partial charge in [-0.3, -0.25) is 15.1 Å². The second kappa shape index (κ2) is 7.56. The topological polar surface area (TPSA) is 86.4 Å². The molecule has 6 aromatic rings. The number of aromatic amines is 2. The standard InChI is InChI=1S/C26H21N7/c1-33(2)18-7-5-6-16(12-18)17-13-20-25(31-32-26(20)29-15-17)23-14-19-21(30-23)9-11-28-24(19)22-8-3-4-10-27-22/h3-15,30H,1-2H3,(H,29,31,32). The van der Waals surface area contributed by atoms with E-state index in [1.54, 1.807) is 12.4 Å². The van der Waals surface area contributed by atoms with Crippen LogP contribution in [0, 0.1) is 0 Å². The Bertz CT molecular complexity index is 1600. The van der Waals surface area contributed by atoms with Gasteiger partial charge in [-0.1, -0.05) is 18.2 Å². The van der Waals surface area contributed by atoms with Crippen LogP contribution >= 0.6 is 0 Å². The molecule has 0 radical (unpaired) electrons. The predicted octanol–water partition coefficient (Wildman–Crippen LogP) is 5.30. The average molecular weight is 432 g/mol. The zero-order valence-corrected chi connectivity index (χ0v) is 18.2. The highest BCUT2D eigenvalue weighted by Gasteiger charge is 2.16. The minimum absolute atomic E-state index is 0.749. The summed E-state index contributed by atoms with van der Waals surface area (Å²) in [5.74, 6) is 0. The monoisotopic (exact) mass is 431 g/mol. The molecule has 0 fully saturated rings. The Kier molecular flexibility index (Phi) is 4.40. The van der Waals surface area contributed by atoms with E-state index in [-0.39, 0.29) is 0 Å². The van der Waals surface area contributed by atoms with Crippen molar-refractivity contribution in [2.75, 3.05) is 19.0 Å². The number of hydrogen-bond donors (Lipinski definition) is 2. The van der Waals surface area contributed by atoms with Crippen LogP contribution in [0.4, 0.5) is 5.69 Å². The number of benzene rings is 1. The molecule has 1 aromatic carbocycles.